The van der Waals surface area contributed by atoms with Gasteiger partial charge in [0.15, 0.2) is 6.29 Å². The van der Waals surface area contributed by atoms with Crippen LogP contribution in [0.3, 0.4) is 0 Å². The highest BCUT2D eigenvalue weighted by molar-refractivity contribution is 6.44. The van der Waals surface area contributed by atoms with Crippen LogP contribution in [0.5, 0.6) is 0 Å². The summed E-state index contributed by atoms with van der Waals surface area (Å²) in [7, 11) is 0. The maximum atomic E-state index is 13.0. The number of halogens is 2. The highest BCUT2D eigenvalue weighted by Gasteiger charge is 2.48. The van der Waals surface area contributed by atoms with Gasteiger partial charge in [0.2, 0.25) is 17.7 Å². The lowest BCUT2D eigenvalue weighted by Crippen LogP contribution is -2.72. The molecule has 10 heteroatoms. The number of carbonyl (C=O) groups is 3. The number of aryl methyl sites for hydroxylation is 1. The Kier molecular flexibility index (Phi) is 6.04. The first-order valence-electron chi connectivity index (χ1n) is 9.75. The number of amides is 3. The van der Waals surface area contributed by atoms with Gasteiger partial charge in [0.25, 0.3) is 0 Å². The smallest absolute Gasteiger partial charge is 0.229 e. The van der Waals surface area contributed by atoms with E-state index in [1.165, 1.54) is 0 Å². The molecule has 2 saturated heterocycles. The van der Waals surface area contributed by atoms with Gasteiger partial charge < -0.3 is 21.3 Å². The van der Waals surface area contributed by atoms with E-state index >= 15 is 0 Å². The Bertz CT molecular complexity index is 1030. The molecule has 0 saturated carbocycles. The first kappa shape index (κ1) is 21.4. The maximum Gasteiger partial charge on any atom is 0.229 e. The fourth-order valence-corrected chi connectivity index (χ4v) is 4.14. The van der Waals surface area contributed by atoms with E-state index in [2.05, 4.69) is 26.6 Å². The minimum atomic E-state index is -0.873. The third-order valence-corrected chi connectivity index (χ3v) is 6.18. The third-order valence-electron chi connectivity index (χ3n) is 5.36. The third kappa shape index (κ3) is 4.61. The first-order valence-corrected chi connectivity index (χ1v) is 10.5. The molecular formula is C21H21Cl2N5O3. The van der Waals surface area contributed by atoms with Crippen LogP contribution < -0.4 is 26.6 Å². The summed E-state index contributed by atoms with van der Waals surface area (Å²) in [5.41, 5.74) is 2.23. The van der Waals surface area contributed by atoms with Crippen LogP contribution in [0.4, 0.5) is 11.4 Å². The monoisotopic (exact) mass is 461 g/mol. The van der Waals surface area contributed by atoms with E-state index in [9.17, 15) is 14.4 Å². The van der Waals surface area contributed by atoms with Gasteiger partial charge >= 0.3 is 0 Å². The van der Waals surface area contributed by atoms with E-state index in [1.807, 2.05) is 31.2 Å². The number of hydrogen-bond donors (Lipinski definition) is 5. The molecule has 2 aromatic carbocycles. The van der Waals surface area contributed by atoms with Gasteiger partial charge in [-0.3, -0.25) is 19.7 Å². The molecule has 8 nitrogen and oxygen atoms in total. The molecule has 0 bridgehead atoms. The number of anilines is 2. The second kappa shape index (κ2) is 8.74. The zero-order chi connectivity index (χ0) is 22.1. The van der Waals surface area contributed by atoms with Crippen LogP contribution in [0.1, 0.15) is 12.0 Å². The van der Waals surface area contributed by atoms with Gasteiger partial charge in [0.1, 0.15) is 0 Å². The zero-order valence-corrected chi connectivity index (χ0v) is 18.1. The highest BCUT2D eigenvalue weighted by atomic mass is 35.5. The second-order valence-electron chi connectivity index (χ2n) is 7.59. The van der Waals surface area contributed by atoms with Crippen LogP contribution in [0.25, 0.3) is 0 Å². The molecule has 4 unspecified atom stereocenters. The van der Waals surface area contributed by atoms with Crippen molar-refractivity contribution in [1.29, 1.82) is 0 Å². The summed E-state index contributed by atoms with van der Waals surface area (Å²) in [6.07, 6.45) is -1.43. The van der Waals surface area contributed by atoms with Gasteiger partial charge in [-0.1, -0.05) is 47.0 Å². The lowest BCUT2D eigenvalue weighted by molar-refractivity contribution is -0.144. The summed E-state index contributed by atoms with van der Waals surface area (Å²) in [6.45, 7) is 1.98. The lowest BCUT2D eigenvalue weighted by atomic mass is 9.81. The normalized spacial score (nSPS) is 25.1. The molecule has 5 N–H and O–H groups in total. The van der Waals surface area contributed by atoms with Gasteiger partial charge in [-0.2, -0.15) is 0 Å². The molecule has 2 heterocycles. The Morgan fingerprint density at radius 1 is 1.06 bits per heavy atom. The Morgan fingerprint density at radius 2 is 1.81 bits per heavy atom. The molecular weight excluding hydrogens is 441 g/mol. The van der Waals surface area contributed by atoms with Crippen molar-refractivity contribution in [2.75, 3.05) is 10.6 Å². The molecule has 0 aromatic heterocycles. The van der Waals surface area contributed by atoms with Crippen molar-refractivity contribution in [1.82, 2.24) is 16.0 Å². The Hall–Kier alpha value is -2.81. The summed E-state index contributed by atoms with van der Waals surface area (Å²) in [4.78, 5) is 38.2. The van der Waals surface area contributed by atoms with Crippen LogP contribution >= 0.6 is 23.2 Å². The van der Waals surface area contributed by atoms with E-state index in [4.69, 9.17) is 23.2 Å². The SMILES string of the molecule is Cc1ccc(NC2NC(=O)C3C(NC(=O)CC3C(=O)Nc3cccc(Cl)c3Cl)N2)cc1. The minimum absolute atomic E-state index is 0.115. The Morgan fingerprint density at radius 3 is 2.55 bits per heavy atom. The molecule has 0 radical (unpaired) electrons. The van der Waals surface area contributed by atoms with Gasteiger partial charge in [-0.05, 0) is 31.2 Å². The van der Waals surface area contributed by atoms with Crippen molar-refractivity contribution in [3.8, 4) is 0 Å². The Labute approximate surface area is 189 Å². The lowest BCUT2D eigenvalue weighted by Gasteiger charge is -2.43. The number of rotatable bonds is 4. The largest absolute Gasteiger partial charge is 0.353 e. The molecule has 2 fully saturated rings. The molecule has 4 atom stereocenters. The van der Waals surface area contributed by atoms with Gasteiger partial charge in [-0.25, -0.2) is 0 Å². The number of carbonyl (C=O) groups excluding carboxylic acids is 3. The molecule has 0 spiro atoms. The van der Waals surface area contributed by atoms with E-state index in [1.54, 1.807) is 18.2 Å². The van der Waals surface area contributed by atoms with Gasteiger partial charge in [0.05, 0.1) is 33.7 Å². The molecule has 2 aliphatic rings. The standard InChI is InChI=1S/C21H21Cl2N5O3/c1-10-5-7-11(8-6-10)24-21-27-18-16(20(31)28-21)12(9-15(29)26-18)19(30)25-14-4-2-3-13(22)17(14)23/h2-8,12,16,18,21,24,27H,9H2,1H3,(H,25,30)(H,26,29)(H,28,31). The average Bonchev–Trinajstić information content (AvgIpc) is 2.72. The van der Waals surface area contributed by atoms with Crippen LogP contribution in [0.15, 0.2) is 42.5 Å². The summed E-state index contributed by atoms with van der Waals surface area (Å²) in [5, 5.41) is 15.1. The number of benzene rings is 2. The average molecular weight is 462 g/mol. The fourth-order valence-electron chi connectivity index (χ4n) is 3.80. The van der Waals surface area contributed by atoms with Crippen molar-refractivity contribution < 1.29 is 14.4 Å². The summed E-state index contributed by atoms with van der Waals surface area (Å²) in [5.74, 6) is -2.80. The number of hydrogen-bond acceptors (Lipinski definition) is 5. The van der Waals surface area contributed by atoms with Crippen molar-refractivity contribution >= 4 is 52.3 Å². The molecule has 162 valence electrons. The predicted molar refractivity (Wildman–Crippen MR) is 118 cm³/mol. The number of nitrogens with one attached hydrogen (secondary N) is 5. The Balaban J connectivity index is 1.49. The predicted octanol–water partition coefficient (Wildman–Crippen LogP) is 2.43. The molecule has 4 rings (SSSR count). The van der Waals surface area contributed by atoms with E-state index < -0.39 is 30.2 Å². The molecule has 0 aliphatic carbocycles. The zero-order valence-electron chi connectivity index (χ0n) is 16.5. The summed E-state index contributed by atoms with van der Waals surface area (Å²) >= 11 is 12.2. The van der Waals surface area contributed by atoms with Crippen LogP contribution in [-0.4, -0.2) is 30.2 Å². The van der Waals surface area contributed by atoms with Gasteiger partial charge in [-0.15, -0.1) is 0 Å². The quantitative estimate of drug-likeness (QED) is 0.480. The summed E-state index contributed by atoms with van der Waals surface area (Å²) < 4.78 is 0. The number of fused-ring (bicyclic) bond motifs is 1. The molecule has 3 amide bonds. The van der Waals surface area contributed by atoms with E-state index in [0.717, 1.165) is 11.3 Å². The van der Waals surface area contributed by atoms with Crippen molar-refractivity contribution in [2.45, 2.75) is 25.8 Å². The second-order valence-corrected chi connectivity index (χ2v) is 8.38. The fraction of sp³-hybridized carbons (Fsp3) is 0.286. The topological polar surface area (TPSA) is 111 Å². The number of piperidine rings is 1. The van der Waals surface area contributed by atoms with Gasteiger partial charge in [0, 0.05) is 12.1 Å². The van der Waals surface area contributed by atoms with Crippen molar-refractivity contribution in [3.05, 3.63) is 58.1 Å². The van der Waals surface area contributed by atoms with Crippen molar-refractivity contribution in [3.63, 3.8) is 0 Å². The van der Waals surface area contributed by atoms with Crippen LogP contribution in [-0.2, 0) is 14.4 Å². The molecule has 2 aliphatic heterocycles. The van der Waals surface area contributed by atoms with Crippen LogP contribution in [0.2, 0.25) is 10.0 Å². The van der Waals surface area contributed by atoms with Crippen LogP contribution in [0, 0.1) is 18.8 Å². The summed E-state index contributed by atoms with van der Waals surface area (Å²) in [6, 6.07) is 12.5. The minimum Gasteiger partial charge on any atom is -0.353 e. The molecule has 2 aromatic rings. The first-order chi connectivity index (χ1) is 14.8. The molecule has 31 heavy (non-hydrogen) atoms. The van der Waals surface area contributed by atoms with E-state index in [-0.39, 0.29) is 23.3 Å². The highest BCUT2D eigenvalue weighted by Crippen LogP contribution is 2.32. The van der Waals surface area contributed by atoms with E-state index in [0.29, 0.717) is 10.7 Å². The maximum absolute atomic E-state index is 13.0. The van der Waals surface area contributed by atoms with Crippen molar-refractivity contribution in [2.24, 2.45) is 11.8 Å².